The van der Waals surface area contributed by atoms with Gasteiger partial charge in [-0.2, -0.15) is 0 Å². The maximum Gasteiger partial charge on any atom is 0.0946 e. The Hall–Kier alpha value is -0.130. The predicted molar refractivity (Wildman–Crippen MR) is 41.2 cm³/mol. The van der Waals surface area contributed by atoms with Crippen molar-refractivity contribution in [3.05, 3.63) is 5.92 Å². The van der Waals surface area contributed by atoms with E-state index >= 15 is 0 Å². The van der Waals surface area contributed by atoms with Gasteiger partial charge in [-0.15, -0.1) is 0 Å². The van der Waals surface area contributed by atoms with Gasteiger partial charge < -0.3 is 0 Å². The van der Waals surface area contributed by atoms with Crippen molar-refractivity contribution in [1.82, 2.24) is 0 Å². The summed E-state index contributed by atoms with van der Waals surface area (Å²) in [5.74, 6) is 2.66. The minimum Gasteiger partial charge on any atom is -0.0452 e. The topological polar surface area (TPSA) is 0 Å². The number of rotatable bonds is 1. The first-order chi connectivity index (χ1) is 4.30. The molecule has 0 heteroatoms. The fourth-order valence-corrected chi connectivity index (χ4v) is 1.58. The molecule has 0 saturated heterocycles. The summed E-state index contributed by atoms with van der Waals surface area (Å²) >= 11 is 0. The van der Waals surface area contributed by atoms with Crippen molar-refractivity contribution in [1.29, 1.82) is 0 Å². The molecule has 1 aliphatic carbocycles. The van der Waals surface area contributed by atoms with E-state index in [4.69, 9.17) is 0 Å². The van der Waals surface area contributed by atoms with Gasteiger partial charge in [-0.05, 0) is 33.1 Å². The van der Waals surface area contributed by atoms with Crippen LogP contribution in [0, 0.1) is 11.8 Å². The molecule has 52 valence electrons. The third kappa shape index (κ3) is 1.92. The highest BCUT2D eigenvalue weighted by molar-refractivity contribution is 4.94. The summed E-state index contributed by atoms with van der Waals surface area (Å²) in [6.45, 7) is 4.64. The molecule has 0 radical (unpaired) electrons. The van der Waals surface area contributed by atoms with E-state index in [0.29, 0.717) is 0 Å². The molecule has 0 N–H and O–H groups in total. The lowest BCUT2D eigenvalue weighted by Gasteiger charge is -2.14. The second kappa shape index (κ2) is 3.14. The van der Waals surface area contributed by atoms with Gasteiger partial charge in [0, 0.05) is 0 Å². The maximum atomic E-state index is 2.32. The van der Waals surface area contributed by atoms with Crippen LogP contribution in [-0.2, 0) is 0 Å². The molecular formula is C9H17+. The van der Waals surface area contributed by atoms with Gasteiger partial charge in [0.05, 0.1) is 24.7 Å². The molecule has 1 saturated carbocycles. The van der Waals surface area contributed by atoms with Crippen LogP contribution in [0.1, 0.15) is 46.0 Å². The molecule has 0 atom stereocenters. The Balaban J connectivity index is 2.23. The van der Waals surface area contributed by atoms with E-state index in [9.17, 15) is 0 Å². The maximum absolute atomic E-state index is 2.32. The quantitative estimate of drug-likeness (QED) is 0.472. The number of hydrogen-bond donors (Lipinski definition) is 0. The molecule has 0 spiro atoms. The van der Waals surface area contributed by atoms with Crippen LogP contribution in [0.15, 0.2) is 0 Å². The molecular weight excluding hydrogens is 108 g/mol. The lowest BCUT2D eigenvalue weighted by atomic mass is 9.82. The molecule has 0 amide bonds. The normalized spacial score (nSPS) is 21.0. The predicted octanol–water partition coefficient (Wildman–Crippen LogP) is 3.18. The van der Waals surface area contributed by atoms with E-state index in [2.05, 4.69) is 13.8 Å². The van der Waals surface area contributed by atoms with Gasteiger partial charge >= 0.3 is 0 Å². The van der Waals surface area contributed by atoms with Gasteiger partial charge in [0.25, 0.3) is 0 Å². The van der Waals surface area contributed by atoms with Crippen molar-refractivity contribution in [2.45, 2.75) is 46.0 Å². The lowest BCUT2D eigenvalue weighted by Crippen LogP contribution is -2.09. The standard InChI is InChI=1S/C9H17/c1-8(2)9-6-4-3-5-7-9/h8H,3-7H2,1-2H3/q+1. The van der Waals surface area contributed by atoms with Gasteiger partial charge in [-0.3, -0.25) is 0 Å². The first-order valence-electron chi connectivity index (χ1n) is 4.15. The van der Waals surface area contributed by atoms with E-state index in [1.54, 1.807) is 5.92 Å². The summed E-state index contributed by atoms with van der Waals surface area (Å²) in [4.78, 5) is 0. The van der Waals surface area contributed by atoms with Crippen molar-refractivity contribution < 1.29 is 0 Å². The highest BCUT2D eigenvalue weighted by atomic mass is 14.2. The molecule has 0 heterocycles. The molecule has 0 nitrogen and oxygen atoms in total. The zero-order valence-corrected chi connectivity index (χ0v) is 6.61. The Kier molecular flexibility index (Phi) is 2.44. The van der Waals surface area contributed by atoms with E-state index in [-0.39, 0.29) is 0 Å². The van der Waals surface area contributed by atoms with Crippen molar-refractivity contribution in [2.75, 3.05) is 0 Å². The summed E-state index contributed by atoms with van der Waals surface area (Å²) in [6.07, 6.45) is 7.20. The number of hydrogen-bond acceptors (Lipinski definition) is 0. The fraction of sp³-hybridized carbons (Fsp3) is 0.889. The van der Waals surface area contributed by atoms with Crippen molar-refractivity contribution in [2.24, 2.45) is 5.92 Å². The summed E-state index contributed by atoms with van der Waals surface area (Å²) in [5.41, 5.74) is 0. The second-order valence-corrected chi connectivity index (χ2v) is 3.37. The Bertz CT molecular complexity index is 68.1. The van der Waals surface area contributed by atoms with Crippen LogP contribution in [0.5, 0.6) is 0 Å². The van der Waals surface area contributed by atoms with Gasteiger partial charge in [-0.1, -0.05) is 0 Å². The summed E-state index contributed by atoms with van der Waals surface area (Å²) in [6, 6.07) is 0. The van der Waals surface area contributed by atoms with Crippen LogP contribution >= 0.6 is 0 Å². The van der Waals surface area contributed by atoms with Crippen LogP contribution in [0.2, 0.25) is 0 Å². The van der Waals surface area contributed by atoms with E-state index in [0.717, 1.165) is 5.92 Å². The molecule has 0 aromatic rings. The smallest absolute Gasteiger partial charge is 0.0452 e. The average molecular weight is 125 g/mol. The third-order valence-electron chi connectivity index (χ3n) is 2.31. The minimum atomic E-state index is 0.852. The highest BCUT2D eigenvalue weighted by Crippen LogP contribution is 2.31. The lowest BCUT2D eigenvalue weighted by molar-refractivity contribution is 0.455. The van der Waals surface area contributed by atoms with Crippen LogP contribution in [0.25, 0.3) is 0 Å². The van der Waals surface area contributed by atoms with Crippen molar-refractivity contribution >= 4 is 0 Å². The Morgan fingerprint density at radius 3 is 1.89 bits per heavy atom. The van der Waals surface area contributed by atoms with Crippen LogP contribution < -0.4 is 0 Å². The first kappa shape index (κ1) is 6.98. The first-order valence-corrected chi connectivity index (χ1v) is 4.15. The minimum absolute atomic E-state index is 0.852. The van der Waals surface area contributed by atoms with Crippen LogP contribution in [-0.4, -0.2) is 0 Å². The largest absolute Gasteiger partial charge is 0.0946 e. The molecule has 0 aliphatic heterocycles. The zero-order valence-electron chi connectivity index (χ0n) is 6.61. The molecule has 0 aromatic carbocycles. The summed E-state index contributed by atoms with van der Waals surface area (Å²) in [7, 11) is 0. The van der Waals surface area contributed by atoms with E-state index < -0.39 is 0 Å². The molecule has 9 heavy (non-hydrogen) atoms. The molecule has 1 aliphatic rings. The fourth-order valence-electron chi connectivity index (χ4n) is 1.58. The average Bonchev–Trinajstić information content (AvgIpc) is 1.90. The molecule has 1 rings (SSSR count). The Morgan fingerprint density at radius 2 is 1.56 bits per heavy atom. The Morgan fingerprint density at radius 1 is 1.00 bits per heavy atom. The summed E-state index contributed by atoms with van der Waals surface area (Å²) < 4.78 is 0. The molecule has 0 unspecified atom stereocenters. The molecule has 0 bridgehead atoms. The Labute approximate surface area is 58.7 Å². The summed E-state index contributed by atoms with van der Waals surface area (Å²) in [5, 5.41) is 0. The zero-order chi connectivity index (χ0) is 6.69. The monoisotopic (exact) mass is 125 g/mol. The van der Waals surface area contributed by atoms with Crippen LogP contribution in [0.3, 0.4) is 0 Å². The second-order valence-electron chi connectivity index (χ2n) is 3.37. The highest BCUT2D eigenvalue weighted by Gasteiger charge is 2.26. The van der Waals surface area contributed by atoms with Gasteiger partial charge in [-0.25, -0.2) is 0 Å². The van der Waals surface area contributed by atoms with E-state index in [1.807, 2.05) is 0 Å². The molecule has 0 aromatic heterocycles. The van der Waals surface area contributed by atoms with Crippen molar-refractivity contribution in [3.8, 4) is 0 Å². The van der Waals surface area contributed by atoms with Gasteiger partial charge in [0.1, 0.15) is 0 Å². The van der Waals surface area contributed by atoms with Crippen molar-refractivity contribution in [3.63, 3.8) is 0 Å². The molecule has 1 fully saturated rings. The SMILES string of the molecule is CC(C)[C+]1CCCCC1. The third-order valence-corrected chi connectivity index (χ3v) is 2.31. The van der Waals surface area contributed by atoms with Crippen LogP contribution in [0.4, 0.5) is 0 Å². The van der Waals surface area contributed by atoms with E-state index in [1.165, 1.54) is 32.1 Å². The van der Waals surface area contributed by atoms with Gasteiger partial charge in [0.15, 0.2) is 0 Å². The van der Waals surface area contributed by atoms with Gasteiger partial charge in [0.2, 0.25) is 0 Å².